The van der Waals surface area contributed by atoms with Crippen LogP contribution in [0.25, 0.3) is 11.5 Å². The van der Waals surface area contributed by atoms with E-state index in [4.69, 9.17) is 9.15 Å². The molecule has 0 fully saturated rings. The summed E-state index contributed by atoms with van der Waals surface area (Å²) in [5, 5.41) is 6.83. The quantitative estimate of drug-likeness (QED) is 0.793. The van der Waals surface area contributed by atoms with E-state index in [2.05, 4.69) is 15.2 Å². The van der Waals surface area contributed by atoms with Crippen molar-refractivity contribution in [3.63, 3.8) is 0 Å². The van der Waals surface area contributed by atoms with E-state index in [0.717, 1.165) is 0 Å². The van der Waals surface area contributed by atoms with E-state index in [0.29, 0.717) is 29.9 Å². The summed E-state index contributed by atoms with van der Waals surface area (Å²) < 4.78 is 48.5. The highest BCUT2D eigenvalue weighted by molar-refractivity contribution is 5.50. The van der Waals surface area contributed by atoms with Gasteiger partial charge < -0.3 is 9.15 Å². The lowest BCUT2D eigenvalue weighted by molar-refractivity contribution is 0.116. The summed E-state index contributed by atoms with van der Waals surface area (Å²) in [5.41, 5.74) is 1.08. The van der Waals surface area contributed by atoms with Crippen molar-refractivity contribution in [3.8, 4) is 11.5 Å². The SMILES string of the molecule is CC(OC1=CC=C(F)CC1)c1ccc(-c2nnc(C(F)F)o2)cn1. The molecule has 1 atom stereocenters. The predicted molar refractivity (Wildman–Crippen MR) is 78.5 cm³/mol. The number of aromatic nitrogens is 3. The molecule has 2 aromatic heterocycles. The minimum absolute atomic E-state index is 0.0199. The first-order valence-electron chi connectivity index (χ1n) is 7.32. The van der Waals surface area contributed by atoms with Crippen LogP contribution in [0.15, 0.2) is 46.5 Å². The molecule has 0 saturated heterocycles. The third kappa shape index (κ3) is 3.64. The molecule has 0 bridgehead atoms. The van der Waals surface area contributed by atoms with Crippen LogP contribution in [-0.4, -0.2) is 15.2 Å². The number of allylic oxidation sites excluding steroid dienone is 4. The smallest absolute Gasteiger partial charge is 0.314 e. The Labute approximate surface area is 135 Å². The Morgan fingerprint density at radius 2 is 2.00 bits per heavy atom. The second-order valence-electron chi connectivity index (χ2n) is 5.22. The average Bonchev–Trinajstić information content (AvgIpc) is 3.07. The Bertz CT molecular complexity index is 769. The second-order valence-corrected chi connectivity index (χ2v) is 5.22. The first-order valence-corrected chi connectivity index (χ1v) is 7.32. The fourth-order valence-corrected chi connectivity index (χ4v) is 2.19. The zero-order valence-electron chi connectivity index (χ0n) is 12.7. The molecule has 5 nitrogen and oxygen atoms in total. The van der Waals surface area contributed by atoms with Gasteiger partial charge in [-0.25, -0.2) is 4.39 Å². The molecule has 0 amide bonds. The van der Waals surface area contributed by atoms with Crippen LogP contribution in [0.2, 0.25) is 0 Å². The van der Waals surface area contributed by atoms with Crippen LogP contribution in [0.5, 0.6) is 0 Å². The standard InChI is InChI=1S/C16H14F3N3O2/c1-9(23-12-5-3-11(17)4-6-12)13-7-2-10(8-20-13)15-21-22-16(24-15)14(18)19/h2-3,5,7-9,14H,4,6H2,1H3. The van der Waals surface area contributed by atoms with Crippen LogP contribution in [0.4, 0.5) is 13.2 Å². The number of halogens is 3. The number of ether oxygens (including phenoxy) is 1. The Kier molecular flexibility index (Phi) is 4.64. The molecule has 24 heavy (non-hydrogen) atoms. The van der Waals surface area contributed by atoms with Gasteiger partial charge in [0.1, 0.15) is 11.9 Å². The van der Waals surface area contributed by atoms with Gasteiger partial charge in [0.15, 0.2) is 0 Å². The summed E-state index contributed by atoms with van der Waals surface area (Å²) in [4.78, 5) is 4.23. The zero-order valence-corrected chi connectivity index (χ0v) is 12.7. The van der Waals surface area contributed by atoms with E-state index in [1.54, 1.807) is 18.2 Å². The van der Waals surface area contributed by atoms with Gasteiger partial charge in [-0.15, -0.1) is 10.2 Å². The predicted octanol–water partition coefficient (Wildman–Crippen LogP) is 4.68. The minimum Gasteiger partial charge on any atom is -0.489 e. The number of rotatable bonds is 5. The average molecular weight is 337 g/mol. The van der Waals surface area contributed by atoms with Gasteiger partial charge >= 0.3 is 6.43 Å². The van der Waals surface area contributed by atoms with E-state index < -0.39 is 12.3 Å². The van der Waals surface area contributed by atoms with E-state index in [1.807, 2.05) is 6.92 Å². The number of hydrogen-bond acceptors (Lipinski definition) is 5. The topological polar surface area (TPSA) is 61.0 Å². The van der Waals surface area contributed by atoms with Gasteiger partial charge in [-0.05, 0) is 31.2 Å². The lowest BCUT2D eigenvalue weighted by atomic mass is 10.1. The summed E-state index contributed by atoms with van der Waals surface area (Å²) in [5.74, 6) is -0.225. The summed E-state index contributed by atoms with van der Waals surface area (Å²) in [7, 11) is 0. The molecule has 0 N–H and O–H groups in total. The molecule has 3 rings (SSSR count). The maximum Gasteiger partial charge on any atom is 0.314 e. The van der Waals surface area contributed by atoms with Crippen LogP contribution in [-0.2, 0) is 4.74 Å². The third-order valence-electron chi connectivity index (χ3n) is 3.47. The van der Waals surface area contributed by atoms with Crippen molar-refractivity contribution in [2.24, 2.45) is 0 Å². The van der Waals surface area contributed by atoms with Gasteiger partial charge in [0, 0.05) is 19.0 Å². The number of pyridine rings is 1. The largest absolute Gasteiger partial charge is 0.489 e. The molecule has 0 aromatic carbocycles. The van der Waals surface area contributed by atoms with Gasteiger partial charge in [-0.3, -0.25) is 4.98 Å². The summed E-state index contributed by atoms with van der Waals surface area (Å²) >= 11 is 0. The Balaban J connectivity index is 1.69. The molecule has 0 radical (unpaired) electrons. The molecule has 1 aliphatic rings. The molecule has 1 unspecified atom stereocenters. The highest BCUT2D eigenvalue weighted by Crippen LogP contribution is 2.27. The van der Waals surface area contributed by atoms with E-state index in [-0.39, 0.29) is 17.8 Å². The van der Waals surface area contributed by atoms with Crippen LogP contribution in [0.1, 0.15) is 43.9 Å². The third-order valence-corrected chi connectivity index (χ3v) is 3.47. The fourth-order valence-electron chi connectivity index (χ4n) is 2.19. The molecule has 0 spiro atoms. The molecule has 0 aliphatic heterocycles. The van der Waals surface area contributed by atoms with Gasteiger partial charge in [0.2, 0.25) is 5.89 Å². The molecule has 2 heterocycles. The number of alkyl halides is 2. The summed E-state index contributed by atoms with van der Waals surface area (Å²) in [6, 6.07) is 3.33. The van der Waals surface area contributed by atoms with Crippen LogP contribution in [0.3, 0.4) is 0 Å². The summed E-state index contributed by atoms with van der Waals surface area (Å²) in [6.07, 6.45) is 2.13. The lowest BCUT2D eigenvalue weighted by Gasteiger charge is -2.18. The Morgan fingerprint density at radius 1 is 1.17 bits per heavy atom. The molecule has 1 aliphatic carbocycles. The molecule has 126 valence electrons. The first kappa shape index (κ1) is 16.2. The van der Waals surface area contributed by atoms with Gasteiger partial charge in [0.05, 0.1) is 17.0 Å². The van der Waals surface area contributed by atoms with Crippen molar-refractivity contribution in [1.82, 2.24) is 15.2 Å². The number of nitrogens with zero attached hydrogens (tertiary/aromatic N) is 3. The normalized spacial score (nSPS) is 15.9. The monoisotopic (exact) mass is 337 g/mol. The van der Waals surface area contributed by atoms with Crippen LogP contribution >= 0.6 is 0 Å². The Hall–Kier alpha value is -2.64. The Morgan fingerprint density at radius 3 is 2.58 bits per heavy atom. The van der Waals surface area contributed by atoms with Gasteiger partial charge in [-0.1, -0.05) is 0 Å². The fraction of sp³-hybridized carbons (Fsp3) is 0.312. The van der Waals surface area contributed by atoms with Crippen molar-refractivity contribution in [2.75, 3.05) is 0 Å². The molecular weight excluding hydrogens is 323 g/mol. The number of hydrogen-bond donors (Lipinski definition) is 0. The molecule has 0 saturated carbocycles. The van der Waals surface area contributed by atoms with Crippen molar-refractivity contribution in [1.29, 1.82) is 0 Å². The van der Waals surface area contributed by atoms with E-state index in [1.165, 1.54) is 12.3 Å². The maximum atomic E-state index is 13.0. The van der Waals surface area contributed by atoms with Crippen molar-refractivity contribution in [2.45, 2.75) is 32.3 Å². The first-order chi connectivity index (χ1) is 11.5. The maximum absolute atomic E-state index is 13.0. The second kappa shape index (κ2) is 6.86. The molecule has 8 heteroatoms. The highest BCUT2D eigenvalue weighted by Gasteiger charge is 2.18. The van der Waals surface area contributed by atoms with Crippen molar-refractivity contribution in [3.05, 3.63) is 53.7 Å². The van der Waals surface area contributed by atoms with E-state index >= 15 is 0 Å². The van der Waals surface area contributed by atoms with Crippen LogP contribution in [0, 0.1) is 0 Å². The van der Waals surface area contributed by atoms with Gasteiger partial charge in [0.25, 0.3) is 5.89 Å². The lowest BCUT2D eigenvalue weighted by Crippen LogP contribution is -2.04. The minimum atomic E-state index is -2.81. The van der Waals surface area contributed by atoms with Crippen molar-refractivity contribution < 1.29 is 22.3 Å². The van der Waals surface area contributed by atoms with Crippen LogP contribution < -0.4 is 0 Å². The van der Waals surface area contributed by atoms with Gasteiger partial charge in [-0.2, -0.15) is 8.78 Å². The summed E-state index contributed by atoms with van der Waals surface area (Å²) in [6.45, 7) is 1.82. The van der Waals surface area contributed by atoms with E-state index in [9.17, 15) is 13.2 Å². The highest BCUT2D eigenvalue weighted by atomic mass is 19.3. The molecule has 2 aromatic rings. The molecular formula is C16H14F3N3O2. The zero-order chi connectivity index (χ0) is 17.1. The van der Waals surface area contributed by atoms with Crippen molar-refractivity contribution >= 4 is 0 Å².